The Bertz CT molecular complexity index is 627. The Hall–Kier alpha value is -0.640. The second-order valence-electron chi connectivity index (χ2n) is 9.16. The van der Waals surface area contributed by atoms with E-state index in [4.69, 9.17) is 9.47 Å². The van der Waals surface area contributed by atoms with Gasteiger partial charge in [0.1, 0.15) is 0 Å². The van der Waals surface area contributed by atoms with Crippen LogP contribution in [0.3, 0.4) is 0 Å². The number of hydrogen-bond donors (Lipinski definition) is 1. The SMILES string of the molecule is CC1=C2CC3(CCC2CC2C1=CC[C@@]1(C)CCCC21O)OCCO3. The van der Waals surface area contributed by atoms with Crippen LogP contribution in [0.4, 0.5) is 0 Å². The topological polar surface area (TPSA) is 38.7 Å². The summed E-state index contributed by atoms with van der Waals surface area (Å²) >= 11 is 0. The van der Waals surface area contributed by atoms with E-state index in [0.29, 0.717) is 11.8 Å². The highest BCUT2D eigenvalue weighted by atomic mass is 16.7. The van der Waals surface area contributed by atoms with E-state index in [9.17, 15) is 5.11 Å². The van der Waals surface area contributed by atoms with Crippen LogP contribution in [0.2, 0.25) is 0 Å². The molecule has 0 aromatic rings. The highest BCUT2D eigenvalue weighted by Crippen LogP contribution is 2.62. The van der Waals surface area contributed by atoms with Crippen molar-refractivity contribution in [1.29, 1.82) is 0 Å². The van der Waals surface area contributed by atoms with Crippen molar-refractivity contribution < 1.29 is 14.6 Å². The minimum atomic E-state index is -0.487. The van der Waals surface area contributed by atoms with Crippen LogP contribution in [-0.4, -0.2) is 29.7 Å². The first-order chi connectivity index (χ1) is 11.5. The molecule has 3 heteroatoms. The van der Waals surface area contributed by atoms with Crippen molar-refractivity contribution in [2.75, 3.05) is 13.2 Å². The Kier molecular flexibility index (Phi) is 3.22. The maximum absolute atomic E-state index is 11.7. The van der Waals surface area contributed by atoms with Gasteiger partial charge in [0.25, 0.3) is 0 Å². The summed E-state index contributed by atoms with van der Waals surface area (Å²) in [5, 5.41) is 11.7. The first-order valence-electron chi connectivity index (χ1n) is 9.87. The van der Waals surface area contributed by atoms with Gasteiger partial charge < -0.3 is 14.6 Å². The van der Waals surface area contributed by atoms with Gasteiger partial charge in [-0.25, -0.2) is 0 Å². The molecule has 5 rings (SSSR count). The second kappa shape index (κ2) is 4.96. The standard InChI is InChI=1S/C21H30O3/c1-14-16-5-8-19(2)6-3-7-21(19,22)18(16)12-15-4-9-20(13-17(14)15)23-10-11-24-20/h5,15,18,22H,3-4,6-13H2,1-2H3/t15?,18?,19-,21?/m1/s1. The second-order valence-corrected chi connectivity index (χ2v) is 9.16. The van der Waals surface area contributed by atoms with Gasteiger partial charge in [0.2, 0.25) is 0 Å². The molecule has 1 spiro atoms. The normalized spacial score (nSPS) is 46.5. The van der Waals surface area contributed by atoms with E-state index in [1.165, 1.54) is 24.0 Å². The molecular weight excluding hydrogens is 300 g/mol. The van der Waals surface area contributed by atoms with Crippen molar-refractivity contribution in [3.63, 3.8) is 0 Å². The summed E-state index contributed by atoms with van der Waals surface area (Å²) in [4.78, 5) is 0. The first kappa shape index (κ1) is 15.6. The minimum absolute atomic E-state index is 0.0898. The van der Waals surface area contributed by atoms with Crippen molar-refractivity contribution in [2.24, 2.45) is 17.3 Å². The molecule has 24 heavy (non-hydrogen) atoms. The monoisotopic (exact) mass is 330 g/mol. The fourth-order valence-electron chi connectivity index (χ4n) is 6.61. The molecule has 5 aliphatic rings. The molecule has 1 saturated heterocycles. The van der Waals surface area contributed by atoms with Crippen molar-refractivity contribution in [2.45, 2.75) is 76.6 Å². The summed E-state index contributed by atoms with van der Waals surface area (Å²) in [6.07, 6.45) is 11.0. The molecule has 3 unspecified atom stereocenters. The molecule has 132 valence electrons. The summed E-state index contributed by atoms with van der Waals surface area (Å²) in [6, 6.07) is 0. The van der Waals surface area contributed by atoms with Crippen molar-refractivity contribution in [1.82, 2.24) is 0 Å². The Morgan fingerprint density at radius 2 is 1.96 bits per heavy atom. The van der Waals surface area contributed by atoms with Crippen LogP contribution >= 0.6 is 0 Å². The number of allylic oxidation sites excluding steroid dienone is 2. The highest BCUT2D eigenvalue weighted by molar-refractivity contribution is 5.45. The fraction of sp³-hybridized carbons (Fsp3) is 0.810. The van der Waals surface area contributed by atoms with Gasteiger partial charge in [0.15, 0.2) is 5.79 Å². The van der Waals surface area contributed by atoms with Gasteiger partial charge >= 0.3 is 0 Å². The summed E-state index contributed by atoms with van der Waals surface area (Å²) in [5.41, 5.74) is 4.04. The van der Waals surface area contributed by atoms with E-state index in [2.05, 4.69) is 19.9 Å². The summed E-state index contributed by atoms with van der Waals surface area (Å²) in [5.74, 6) is 0.609. The lowest BCUT2D eigenvalue weighted by atomic mass is 9.55. The van der Waals surface area contributed by atoms with Gasteiger partial charge in [-0.05, 0) is 62.5 Å². The zero-order chi connectivity index (χ0) is 16.6. The molecule has 0 bridgehead atoms. The van der Waals surface area contributed by atoms with E-state index in [-0.39, 0.29) is 11.2 Å². The smallest absolute Gasteiger partial charge is 0.172 e. The molecule has 0 amide bonds. The third kappa shape index (κ3) is 1.89. The molecule has 1 aliphatic heterocycles. The number of ether oxygens (including phenoxy) is 2. The summed E-state index contributed by atoms with van der Waals surface area (Å²) in [6.45, 7) is 6.08. The highest BCUT2D eigenvalue weighted by Gasteiger charge is 2.59. The van der Waals surface area contributed by atoms with Crippen LogP contribution in [0.15, 0.2) is 22.8 Å². The van der Waals surface area contributed by atoms with Gasteiger partial charge in [-0.15, -0.1) is 0 Å². The van der Waals surface area contributed by atoms with E-state index < -0.39 is 5.60 Å². The van der Waals surface area contributed by atoms with Crippen molar-refractivity contribution in [3.05, 3.63) is 22.8 Å². The first-order valence-corrected chi connectivity index (χ1v) is 9.87. The molecule has 1 N–H and O–H groups in total. The quantitative estimate of drug-likeness (QED) is 0.726. The predicted octanol–water partition coefficient (Wildman–Crippen LogP) is 4.12. The van der Waals surface area contributed by atoms with Crippen LogP contribution in [0, 0.1) is 17.3 Å². The zero-order valence-electron chi connectivity index (χ0n) is 15.1. The van der Waals surface area contributed by atoms with E-state index in [1.54, 1.807) is 5.57 Å². The van der Waals surface area contributed by atoms with Gasteiger partial charge in [-0.1, -0.05) is 18.6 Å². The number of aliphatic hydroxyl groups is 1. The molecule has 0 radical (unpaired) electrons. The lowest BCUT2D eigenvalue weighted by Gasteiger charge is -2.53. The molecule has 2 saturated carbocycles. The van der Waals surface area contributed by atoms with Crippen LogP contribution in [-0.2, 0) is 9.47 Å². The largest absolute Gasteiger partial charge is 0.389 e. The summed E-state index contributed by atoms with van der Waals surface area (Å²) in [7, 11) is 0. The molecule has 4 aliphatic carbocycles. The van der Waals surface area contributed by atoms with Gasteiger partial charge in [0, 0.05) is 24.2 Å². The van der Waals surface area contributed by atoms with Crippen LogP contribution in [0.1, 0.15) is 65.2 Å². The molecule has 0 aromatic carbocycles. The molecule has 3 fully saturated rings. The Morgan fingerprint density at radius 3 is 2.75 bits per heavy atom. The van der Waals surface area contributed by atoms with E-state index >= 15 is 0 Å². The predicted molar refractivity (Wildman–Crippen MR) is 92.4 cm³/mol. The van der Waals surface area contributed by atoms with Crippen LogP contribution in [0.25, 0.3) is 0 Å². The maximum atomic E-state index is 11.7. The zero-order valence-corrected chi connectivity index (χ0v) is 15.1. The van der Waals surface area contributed by atoms with Crippen molar-refractivity contribution >= 4 is 0 Å². The molecule has 0 aromatic heterocycles. The molecule has 1 heterocycles. The van der Waals surface area contributed by atoms with Crippen molar-refractivity contribution in [3.8, 4) is 0 Å². The van der Waals surface area contributed by atoms with E-state index in [1.807, 2.05) is 0 Å². The molecule has 3 nitrogen and oxygen atoms in total. The number of hydrogen-bond acceptors (Lipinski definition) is 3. The van der Waals surface area contributed by atoms with Gasteiger partial charge in [-0.2, -0.15) is 0 Å². The average molecular weight is 330 g/mol. The summed E-state index contributed by atoms with van der Waals surface area (Å²) < 4.78 is 12.0. The Morgan fingerprint density at radius 1 is 1.17 bits per heavy atom. The average Bonchev–Trinajstić information content (AvgIpc) is 3.13. The third-order valence-electron chi connectivity index (χ3n) is 8.13. The van der Waals surface area contributed by atoms with Crippen LogP contribution < -0.4 is 0 Å². The Balaban J connectivity index is 1.54. The van der Waals surface area contributed by atoms with Crippen LogP contribution in [0.5, 0.6) is 0 Å². The lowest BCUT2D eigenvalue weighted by molar-refractivity contribution is -0.174. The third-order valence-corrected chi connectivity index (χ3v) is 8.13. The lowest BCUT2D eigenvalue weighted by Crippen LogP contribution is -2.53. The molecular formula is C21H30O3. The Labute approximate surface area is 145 Å². The minimum Gasteiger partial charge on any atom is -0.389 e. The number of fused-ring (bicyclic) bond motifs is 4. The molecule has 4 atom stereocenters. The van der Waals surface area contributed by atoms with E-state index in [0.717, 1.165) is 51.7 Å². The maximum Gasteiger partial charge on any atom is 0.172 e. The van der Waals surface area contributed by atoms with Gasteiger partial charge in [0.05, 0.1) is 18.8 Å². The fourth-order valence-corrected chi connectivity index (χ4v) is 6.61. The van der Waals surface area contributed by atoms with Gasteiger partial charge in [-0.3, -0.25) is 0 Å². The number of rotatable bonds is 0.